The van der Waals surface area contributed by atoms with Gasteiger partial charge in [0, 0.05) is 37.8 Å². The molecule has 5 rings (SSSR count). The van der Waals surface area contributed by atoms with Crippen LogP contribution in [-0.4, -0.2) is 46.0 Å². The van der Waals surface area contributed by atoms with Crippen LogP contribution >= 0.6 is 0 Å². The maximum Gasteiger partial charge on any atom is 0.121 e. The molecular formula is C22H20N6. The fourth-order valence-electron chi connectivity index (χ4n) is 3.97. The molecule has 1 fully saturated rings. The van der Waals surface area contributed by atoms with Gasteiger partial charge in [-0.2, -0.15) is 5.26 Å². The molecule has 0 unspecified atom stereocenters. The number of nitrogens with one attached hydrogen (secondary N) is 1. The van der Waals surface area contributed by atoms with Gasteiger partial charge >= 0.3 is 0 Å². The average molecular weight is 368 g/mol. The van der Waals surface area contributed by atoms with Gasteiger partial charge in [0.2, 0.25) is 0 Å². The molecule has 1 saturated heterocycles. The Labute approximate surface area is 163 Å². The minimum Gasteiger partial charge on any atom is -0.367 e. The summed E-state index contributed by atoms with van der Waals surface area (Å²) in [5, 5.41) is 10.6. The zero-order chi connectivity index (χ0) is 18.9. The van der Waals surface area contributed by atoms with Crippen molar-refractivity contribution in [1.82, 2.24) is 19.9 Å². The van der Waals surface area contributed by atoms with E-state index < -0.39 is 0 Å². The number of fused-ring (bicyclic) bond motifs is 2. The summed E-state index contributed by atoms with van der Waals surface area (Å²) in [4.78, 5) is 17.3. The van der Waals surface area contributed by atoms with Crippen molar-refractivity contribution in [2.75, 3.05) is 31.1 Å². The molecule has 28 heavy (non-hydrogen) atoms. The Morgan fingerprint density at radius 1 is 0.964 bits per heavy atom. The molecule has 0 aliphatic carbocycles. The number of anilines is 1. The van der Waals surface area contributed by atoms with Crippen LogP contribution in [0, 0.1) is 11.3 Å². The van der Waals surface area contributed by atoms with Gasteiger partial charge in [-0.1, -0.05) is 30.3 Å². The highest BCUT2D eigenvalue weighted by atomic mass is 15.3. The van der Waals surface area contributed by atoms with Gasteiger partial charge in [-0.15, -0.1) is 0 Å². The number of nitrogens with zero attached hydrogens (tertiary/aromatic N) is 5. The van der Waals surface area contributed by atoms with Crippen molar-refractivity contribution in [2.24, 2.45) is 0 Å². The lowest BCUT2D eigenvalue weighted by molar-refractivity contribution is 0.245. The summed E-state index contributed by atoms with van der Waals surface area (Å²) >= 11 is 0. The first-order chi connectivity index (χ1) is 13.8. The third-order valence-corrected chi connectivity index (χ3v) is 5.37. The highest BCUT2D eigenvalue weighted by Crippen LogP contribution is 2.30. The van der Waals surface area contributed by atoms with Crippen LogP contribution in [-0.2, 0) is 6.54 Å². The van der Waals surface area contributed by atoms with Gasteiger partial charge in [-0.05, 0) is 18.2 Å². The largest absolute Gasteiger partial charge is 0.367 e. The summed E-state index contributed by atoms with van der Waals surface area (Å²) in [6.07, 6.45) is 1.69. The monoisotopic (exact) mass is 368 g/mol. The lowest BCUT2D eigenvalue weighted by atomic mass is 10.1. The van der Waals surface area contributed by atoms with E-state index in [1.165, 1.54) is 0 Å². The average Bonchev–Trinajstić information content (AvgIpc) is 3.16. The fraction of sp³-hybridized carbons (Fsp3) is 0.227. The zero-order valence-electron chi connectivity index (χ0n) is 15.5. The highest BCUT2D eigenvalue weighted by Gasteiger charge is 2.22. The van der Waals surface area contributed by atoms with Gasteiger partial charge in [0.25, 0.3) is 0 Å². The number of piperazine rings is 1. The van der Waals surface area contributed by atoms with Crippen molar-refractivity contribution < 1.29 is 0 Å². The summed E-state index contributed by atoms with van der Waals surface area (Å²) in [5.41, 5.74) is 4.68. The second-order valence-electron chi connectivity index (χ2n) is 7.11. The van der Waals surface area contributed by atoms with Gasteiger partial charge in [0.15, 0.2) is 0 Å². The number of aromatic nitrogens is 3. The number of benzene rings is 2. The van der Waals surface area contributed by atoms with Crippen LogP contribution in [0.25, 0.3) is 21.9 Å². The molecule has 0 spiro atoms. The molecule has 0 bridgehead atoms. The SMILES string of the molecule is N#Cc1cnc2ccccc2c1N1CCN(Cc2nc3ccccc3[nH]2)CC1. The minimum absolute atomic E-state index is 0.643. The Balaban J connectivity index is 1.35. The smallest absolute Gasteiger partial charge is 0.121 e. The number of pyridine rings is 1. The predicted molar refractivity (Wildman–Crippen MR) is 110 cm³/mol. The van der Waals surface area contributed by atoms with Crippen LogP contribution in [0.1, 0.15) is 11.4 Å². The van der Waals surface area contributed by atoms with Crippen molar-refractivity contribution >= 4 is 27.6 Å². The summed E-state index contributed by atoms with van der Waals surface area (Å²) < 4.78 is 0. The number of H-pyrrole nitrogens is 1. The van der Waals surface area contributed by atoms with Gasteiger partial charge < -0.3 is 9.88 Å². The van der Waals surface area contributed by atoms with Crippen LogP contribution < -0.4 is 4.90 Å². The third-order valence-electron chi connectivity index (χ3n) is 5.37. The van der Waals surface area contributed by atoms with E-state index in [0.29, 0.717) is 5.56 Å². The van der Waals surface area contributed by atoms with Crippen molar-refractivity contribution in [3.63, 3.8) is 0 Å². The van der Waals surface area contributed by atoms with E-state index in [1.54, 1.807) is 6.20 Å². The molecule has 0 saturated carbocycles. The molecule has 2 aromatic carbocycles. The Morgan fingerprint density at radius 3 is 2.50 bits per heavy atom. The normalized spacial score (nSPS) is 15.2. The number of rotatable bonds is 3. The van der Waals surface area contributed by atoms with Gasteiger partial charge in [0.05, 0.1) is 34.3 Å². The highest BCUT2D eigenvalue weighted by molar-refractivity contribution is 5.94. The molecular weight excluding hydrogens is 348 g/mol. The van der Waals surface area contributed by atoms with Crippen LogP contribution in [0.3, 0.4) is 0 Å². The Kier molecular flexibility index (Phi) is 4.15. The third kappa shape index (κ3) is 2.96. The Hall–Kier alpha value is -3.43. The van der Waals surface area contributed by atoms with Gasteiger partial charge in [-0.3, -0.25) is 9.88 Å². The number of imidazole rings is 1. The number of hydrogen-bond acceptors (Lipinski definition) is 5. The van der Waals surface area contributed by atoms with E-state index in [2.05, 4.69) is 38.0 Å². The number of para-hydroxylation sites is 3. The molecule has 1 aliphatic heterocycles. The van der Waals surface area contributed by atoms with Crippen molar-refractivity contribution in [1.29, 1.82) is 5.26 Å². The molecule has 4 aromatic rings. The van der Waals surface area contributed by atoms with Crippen LogP contribution in [0.2, 0.25) is 0 Å². The summed E-state index contributed by atoms with van der Waals surface area (Å²) in [6, 6.07) is 18.5. The van der Waals surface area contributed by atoms with Crippen LogP contribution in [0.15, 0.2) is 54.7 Å². The lowest BCUT2D eigenvalue weighted by Gasteiger charge is -2.36. The summed E-state index contributed by atoms with van der Waals surface area (Å²) in [5.74, 6) is 1.00. The molecule has 0 atom stereocenters. The quantitative estimate of drug-likeness (QED) is 0.601. The first-order valence-corrected chi connectivity index (χ1v) is 9.50. The fourth-order valence-corrected chi connectivity index (χ4v) is 3.97. The maximum atomic E-state index is 9.59. The number of aromatic amines is 1. The Morgan fingerprint density at radius 2 is 1.71 bits per heavy atom. The minimum atomic E-state index is 0.643. The van der Waals surface area contributed by atoms with Crippen LogP contribution in [0.4, 0.5) is 5.69 Å². The van der Waals surface area contributed by atoms with E-state index in [1.807, 2.05) is 36.4 Å². The topological polar surface area (TPSA) is 71.8 Å². The lowest BCUT2D eigenvalue weighted by Crippen LogP contribution is -2.46. The van der Waals surface area contributed by atoms with Crippen molar-refractivity contribution in [3.8, 4) is 6.07 Å². The van der Waals surface area contributed by atoms with E-state index in [0.717, 1.165) is 66.2 Å². The summed E-state index contributed by atoms with van der Waals surface area (Å²) in [7, 11) is 0. The zero-order valence-corrected chi connectivity index (χ0v) is 15.5. The molecule has 0 amide bonds. The standard InChI is InChI=1S/C22H20N6/c23-13-16-14-24-18-6-2-1-5-17(18)22(16)28-11-9-27(10-12-28)15-21-25-19-7-3-4-8-20(19)26-21/h1-8,14H,9-12,15H2,(H,25,26). The van der Waals surface area contributed by atoms with Crippen LogP contribution in [0.5, 0.6) is 0 Å². The van der Waals surface area contributed by atoms with Gasteiger partial charge in [-0.25, -0.2) is 4.98 Å². The number of nitriles is 1. The van der Waals surface area contributed by atoms with E-state index in [4.69, 9.17) is 4.98 Å². The second-order valence-corrected chi connectivity index (χ2v) is 7.11. The Bertz CT molecular complexity index is 1150. The van der Waals surface area contributed by atoms with Crippen molar-refractivity contribution in [3.05, 3.63) is 66.1 Å². The maximum absolute atomic E-state index is 9.59. The van der Waals surface area contributed by atoms with E-state index in [-0.39, 0.29) is 0 Å². The van der Waals surface area contributed by atoms with Crippen molar-refractivity contribution in [2.45, 2.75) is 6.54 Å². The molecule has 6 nitrogen and oxygen atoms in total. The first-order valence-electron chi connectivity index (χ1n) is 9.50. The molecule has 1 N–H and O–H groups in total. The van der Waals surface area contributed by atoms with E-state index >= 15 is 0 Å². The van der Waals surface area contributed by atoms with Gasteiger partial charge in [0.1, 0.15) is 11.9 Å². The second kappa shape index (κ2) is 6.95. The first kappa shape index (κ1) is 16.7. The molecule has 1 aliphatic rings. The molecule has 3 heterocycles. The predicted octanol–water partition coefficient (Wildman–Crippen LogP) is 3.30. The molecule has 2 aromatic heterocycles. The summed E-state index contributed by atoms with van der Waals surface area (Å²) in [6.45, 7) is 4.42. The number of hydrogen-bond donors (Lipinski definition) is 1. The molecule has 0 radical (unpaired) electrons. The molecule has 138 valence electrons. The molecule has 6 heteroatoms. The van der Waals surface area contributed by atoms with E-state index in [9.17, 15) is 5.26 Å².